The number of benzene rings is 2. The summed E-state index contributed by atoms with van der Waals surface area (Å²) in [6.45, 7) is 0. The van der Waals surface area contributed by atoms with Crippen LogP contribution in [0.2, 0.25) is 5.02 Å². The first-order valence-electron chi connectivity index (χ1n) is 12.5. The summed E-state index contributed by atoms with van der Waals surface area (Å²) in [5.41, 5.74) is 8.46. The predicted molar refractivity (Wildman–Crippen MR) is 143 cm³/mol. The van der Waals surface area contributed by atoms with Crippen molar-refractivity contribution >= 4 is 34.5 Å². The van der Waals surface area contributed by atoms with Gasteiger partial charge in [-0.05, 0) is 81.4 Å². The minimum Gasteiger partial charge on any atom is -0.326 e. The molecule has 8 rings (SSSR count). The largest absolute Gasteiger partial charge is 0.326 e. The number of hydrogen-bond acceptors (Lipinski definition) is 6. The van der Waals surface area contributed by atoms with Crippen LogP contribution in [0.15, 0.2) is 70.8 Å². The Morgan fingerprint density at radius 2 is 1.92 bits per heavy atom. The van der Waals surface area contributed by atoms with Gasteiger partial charge in [0, 0.05) is 52.3 Å². The van der Waals surface area contributed by atoms with Crippen molar-refractivity contribution in [3.63, 3.8) is 0 Å². The smallest absolute Gasteiger partial charge is 0.251 e. The van der Waals surface area contributed by atoms with E-state index in [9.17, 15) is 9.59 Å². The Balaban J connectivity index is 1.13. The number of nitrogens with zero attached hydrogens (tertiary/aromatic N) is 6. The summed E-state index contributed by atoms with van der Waals surface area (Å²) in [5, 5.41) is 15.0. The molecular formula is C28H20ClN7O2. The summed E-state index contributed by atoms with van der Waals surface area (Å²) in [6, 6.07) is 15.3. The zero-order chi connectivity index (χ0) is 25.5. The summed E-state index contributed by atoms with van der Waals surface area (Å²) in [7, 11) is 0. The molecule has 2 aromatic carbocycles. The van der Waals surface area contributed by atoms with Crippen LogP contribution >= 0.6 is 11.6 Å². The first-order valence-corrected chi connectivity index (χ1v) is 12.9. The van der Waals surface area contributed by atoms with Crippen LogP contribution in [-0.4, -0.2) is 36.4 Å². The van der Waals surface area contributed by atoms with Crippen molar-refractivity contribution in [3.05, 3.63) is 93.3 Å². The third-order valence-corrected chi connectivity index (χ3v) is 8.30. The van der Waals surface area contributed by atoms with Gasteiger partial charge in [-0.2, -0.15) is 4.68 Å². The number of pyridine rings is 1. The number of carbonyl (C=O) groups excluding carboxylic acids is 1. The number of amides is 1. The average molecular weight is 522 g/mol. The van der Waals surface area contributed by atoms with E-state index in [1.165, 1.54) is 6.33 Å². The van der Waals surface area contributed by atoms with Crippen LogP contribution in [0.4, 0.5) is 5.69 Å². The Morgan fingerprint density at radius 1 is 1.00 bits per heavy atom. The lowest BCUT2D eigenvalue weighted by molar-refractivity contribution is -0.115. The molecule has 3 aliphatic heterocycles. The van der Waals surface area contributed by atoms with Crippen LogP contribution in [-0.2, 0) is 11.2 Å². The number of nitrogens with one attached hydrogen (secondary N) is 1. The Bertz CT molecular complexity index is 1800. The van der Waals surface area contributed by atoms with Gasteiger partial charge in [0.2, 0.25) is 5.91 Å². The molecular weight excluding hydrogens is 502 g/mol. The van der Waals surface area contributed by atoms with Crippen LogP contribution < -0.4 is 10.9 Å². The second-order valence-corrected chi connectivity index (χ2v) is 10.7. The Morgan fingerprint density at radius 3 is 2.79 bits per heavy atom. The van der Waals surface area contributed by atoms with Crippen LogP contribution in [0, 0.1) is 5.92 Å². The third kappa shape index (κ3) is 3.24. The van der Waals surface area contributed by atoms with Crippen LogP contribution in [0.3, 0.4) is 0 Å². The molecule has 0 spiro atoms. The minimum atomic E-state index is -0.0457. The van der Waals surface area contributed by atoms with Crippen molar-refractivity contribution in [3.8, 4) is 16.8 Å². The molecule has 186 valence electrons. The van der Waals surface area contributed by atoms with Crippen LogP contribution in [0.25, 0.3) is 22.4 Å². The van der Waals surface area contributed by atoms with Gasteiger partial charge in [-0.1, -0.05) is 17.7 Å². The number of aromatic nitrogens is 5. The summed E-state index contributed by atoms with van der Waals surface area (Å²) in [6.07, 6.45) is 5.59. The molecule has 10 heteroatoms. The molecule has 4 aromatic rings. The number of allylic oxidation sites excluding steroid dienone is 1. The van der Waals surface area contributed by atoms with Crippen LogP contribution in [0.5, 0.6) is 0 Å². The van der Waals surface area contributed by atoms with Crippen LogP contribution in [0.1, 0.15) is 41.6 Å². The van der Waals surface area contributed by atoms with Crippen molar-refractivity contribution < 1.29 is 4.79 Å². The molecule has 1 fully saturated rings. The molecule has 0 bridgehead atoms. The second kappa shape index (κ2) is 7.82. The third-order valence-electron chi connectivity index (χ3n) is 8.07. The number of halogens is 1. The SMILES string of the molecule is O=C1Cc2cc(C3=CN=C([C@@H]4[C@H]5C[C@H]5c5cc(-c6cc(Cl)ccc6-n6cnnn6)cc(=O)n54)C3)ccc2N1. The highest BCUT2D eigenvalue weighted by molar-refractivity contribution is 6.31. The van der Waals surface area contributed by atoms with E-state index >= 15 is 0 Å². The van der Waals surface area contributed by atoms with Crippen molar-refractivity contribution in [2.45, 2.75) is 31.2 Å². The number of aliphatic imine (C=N–C) groups is 1. The minimum absolute atomic E-state index is 0.0263. The van der Waals surface area contributed by atoms with E-state index in [-0.39, 0.29) is 17.5 Å². The molecule has 9 nitrogen and oxygen atoms in total. The first-order chi connectivity index (χ1) is 18.5. The Kier molecular flexibility index (Phi) is 4.46. The summed E-state index contributed by atoms with van der Waals surface area (Å²) in [4.78, 5) is 30.2. The van der Waals surface area contributed by atoms with Gasteiger partial charge in [0.1, 0.15) is 6.33 Å². The van der Waals surface area contributed by atoms with Crippen molar-refractivity contribution in [2.75, 3.05) is 5.32 Å². The molecule has 5 heterocycles. The molecule has 1 amide bonds. The highest BCUT2D eigenvalue weighted by atomic mass is 35.5. The topological polar surface area (TPSA) is 107 Å². The normalized spacial score (nSPS) is 22.4. The maximum Gasteiger partial charge on any atom is 0.251 e. The van der Waals surface area contributed by atoms with Gasteiger partial charge in [0.15, 0.2) is 0 Å². The number of carbonyl (C=O) groups is 1. The molecule has 1 N–H and O–H groups in total. The first kappa shape index (κ1) is 21.7. The lowest BCUT2D eigenvalue weighted by atomic mass is 9.96. The zero-order valence-corrected chi connectivity index (χ0v) is 20.8. The fourth-order valence-corrected chi connectivity index (χ4v) is 6.45. The lowest BCUT2D eigenvalue weighted by Crippen LogP contribution is -2.29. The number of fused-ring (bicyclic) bond motifs is 4. The van der Waals surface area contributed by atoms with Gasteiger partial charge < -0.3 is 9.88 Å². The predicted octanol–water partition coefficient (Wildman–Crippen LogP) is 4.18. The summed E-state index contributed by atoms with van der Waals surface area (Å²) in [5.74, 6) is 0.746. The van der Waals surface area contributed by atoms with Gasteiger partial charge in [0.05, 0.1) is 18.2 Å². The standard InChI is InChI=1S/C28H20ClN7O2/c29-18-2-4-24(35-13-31-33-34-35)19(10-18)15-7-25-20-11-21(20)28(36(25)27(38)9-15)23-6-17(12-30-23)14-1-3-22-16(5-14)8-26(37)32-22/h1-5,7,9-10,12-13,20-21,28H,6,8,11H2,(H,32,37)/t20-,21+,28+/m1/s1. The van der Waals surface area contributed by atoms with Crippen molar-refractivity contribution in [1.29, 1.82) is 0 Å². The molecule has 1 saturated carbocycles. The summed E-state index contributed by atoms with van der Waals surface area (Å²) < 4.78 is 3.51. The molecule has 2 aromatic heterocycles. The quantitative estimate of drug-likeness (QED) is 0.433. The fraction of sp³-hybridized carbons (Fsp3) is 0.214. The maximum atomic E-state index is 13.6. The molecule has 1 aliphatic carbocycles. The molecule has 3 atom stereocenters. The number of tetrazole rings is 1. The van der Waals surface area contributed by atoms with E-state index in [0.717, 1.165) is 57.0 Å². The van der Waals surface area contributed by atoms with Gasteiger partial charge >= 0.3 is 0 Å². The van der Waals surface area contributed by atoms with E-state index in [1.54, 1.807) is 16.8 Å². The number of hydrogen-bond donors (Lipinski definition) is 1. The highest BCUT2D eigenvalue weighted by Crippen LogP contribution is 2.60. The van der Waals surface area contributed by atoms with Gasteiger partial charge in [-0.3, -0.25) is 14.6 Å². The zero-order valence-electron chi connectivity index (χ0n) is 20.0. The molecule has 0 unspecified atom stereocenters. The average Bonchev–Trinajstić information content (AvgIpc) is 3.34. The van der Waals surface area contributed by atoms with E-state index in [2.05, 4.69) is 33.0 Å². The summed E-state index contributed by atoms with van der Waals surface area (Å²) >= 11 is 6.35. The number of anilines is 1. The van der Waals surface area contributed by atoms with E-state index in [0.29, 0.717) is 29.7 Å². The molecule has 4 aliphatic rings. The van der Waals surface area contributed by atoms with Gasteiger partial charge in [-0.25, -0.2) is 0 Å². The maximum absolute atomic E-state index is 13.6. The second-order valence-electron chi connectivity index (χ2n) is 10.3. The monoisotopic (exact) mass is 521 g/mol. The van der Waals surface area contributed by atoms with E-state index < -0.39 is 0 Å². The molecule has 0 radical (unpaired) electrons. The van der Waals surface area contributed by atoms with Gasteiger partial charge in [0.25, 0.3) is 5.56 Å². The van der Waals surface area contributed by atoms with Gasteiger partial charge in [-0.15, -0.1) is 5.10 Å². The Labute approximate surface area is 221 Å². The highest BCUT2D eigenvalue weighted by Gasteiger charge is 2.54. The molecule has 38 heavy (non-hydrogen) atoms. The Hall–Kier alpha value is -4.37. The van der Waals surface area contributed by atoms with E-state index in [4.69, 9.17) is 16.6 Å². The molecule has 0 saturated heterocycles. The van der Waals surface area contributed by atoms with Crippen molar-refractivity contribution in [1.82, 2.24) is 24.8 Å². The lowest BCUT2D eigenvalue weighted by Gasteiger charge is -2.20. The van der Waals surface area contributed by atoms with Crippen molar-refractivity contribution in [2.24, 2.45) is 10.9 Å². The van der Waals surface area contributed by atoms with E-state index in [1.807, 2.05) is 35.0 Å². The number of rotatable bonds is 4. The fourth-order valence-electron chi connectivity index (χ4n) is 6.28.